The Kier molecular flexibility index (Phi) is 3.75. The van der Waals surface area contributed by atoms with Crippen LogP contribution in [0, 0.1) is 5.82 Å². The second-order valence-corrected chi connectivity index (χ2v) is 6.14. The first-order valence-corrected chi connectivity index (χ1v) is 8.23. The Balaban J connectivity index is 1.48. The highest BCUT2D eigenvalue weighted by atomic mass is 32.2. The second-order valence-electron chi connectivity index (χ2n) is 5.21. The molecule has 0 bridgehead atoms. The van der Waals surface area contributed by atoms with Gasteiger partial charge in [-0.25, -0.2) is 4.39 Å². The van der Waals surface area contributed by atoms with Crippen LogP contribution < -0.4 is 4.74 Å². The van der Waals surface area contributed by atoms with Gasteiger partial charge in [-0.15, -0.1) is 10.2 Å². The summed E-state index contributed by atoms with van der Waals surface area (Å²) in [7, 11) is 0. The van der Waals surface area contributed by atoms with Gasteiger partial charge in [0.25, 0.3) is 5.22 Å². The smallest absolute Gasteiger partial charge is 0.277 e. The Morgan fingerprint density at radius 2 is 2.09 bits per heavy atom. The van der Waals surface area contributed by atoms with Crippen LogP contribution in [0.1, 0.15) is 11.1 Å². The van der Waals surface area contributed by atoms with Crippen molar-refractivity contribution in [3.05, 3.63) is 59.4 Å². The molecule has 0 fully saturated rings. The topological polar surface area (TPSA) is 48.2 Å². The van der Waals surface area contributed by atoms with Gasteiger partial charge in [-0.1, -0.05) is 23.9 Å². The Bertz CT molecular complexity index is 850. The fourth-order valence-corrected chi connectivity index (χ4v) is 3.18. The molecule has 0 atom stereocenters. The molecule has 0 radical (unpaired) electrons. The van der Waals surface area contributed by atoms with Gasteiger partial charge in [0, 0.05) is 17.7 Å². The summed E-state index contributed by atoms with van der Waals surface area (Å²) in [5.74, 6) is 1.75. The molecule has 6 heteroatoms. The monoisotopic (exact) mass is 328 g/mol. The van der Waals surface area contributed by atoms with Gasteiger partial charge in [-0.05, 0) is 41.5 Å². The first kappa shape index (κ1) is 14.3. The van der Waals surface area contributed by atoms with E-state index in [4.69, 9.17) is 9.15 Å². The van der Waals surface area contributed by atoms with E-state index in [1.807, 2.05) is 24.3 Å². The van der Waals surface area contributed by atoms with Crippen molar-refractivity contribution in [3.8, 4) is 17.2 Å². The number of hydrogen-bond acceptors (Lipinski definition) is 5. The predicted molar refractivity (Wildman–Crippen MR) is 84.9 cm³/mol. The Morgan fingerprint density at radius 3 is 3.00 bits per heavy atom. The summed E-state index contributed by atoms with van der Waals surface area (Å²) in [6.45, 7) is 0.720. The van der Waals surface area contributed by atoms with E-state index in [1.54, 1.807) is 6.07 Å². The van der Waals surface area contributed by atoms with Gasteiger partial charge in [0.1, 0.15) is 11.6 Å². The van der Waals surface area contributed by atoms with Crippen LogP contribution in [0.3, 0.4) is 0 Å². The maximum atomic E-state index is 13.2. The van der Waals surface area contributed by atoms with Crippen LogP contribution in [0.2, 0.25) is 0 Å². The van der Waals surface area contributed by atoms with Crippen LogP contribution in [-0.2, 0) is 12.2 Å². The molecule has 0 N–H and O–H groups in total. The molecule has 116 valence electrons. The minimum absolute atomic E-state index is 0.241. The highest BCUT2D eigenvalue weighted by Crippen LogP contribution is 2.31. The molecule has 23 heavy (non-hydrogen) atoms. The van der Waals surface area contributed by atoms with Crippen molar-refractivity contribution in [3.63, 3.8) is 0 Å². The third-order valence-corrected chi connectivity index (χ3v) is 4.48. The van der Waals surface area contributed by atoms with Gasteiger partial charge < -0.3 is 9.15 Å². The van der Waals surface area contributed by atoms with E-state index < -0.39 is 0 Å². The molecular weight excluding hydrogens is 315 g/mol. The van der Waals surface area contributed by atoms with E-state index in [1.165, 1.54) is 23.9 Å². The molecule has 0 saturated carbocycles. The fourth-order valence-electron chi connectivity index (χ4n) is 2.48. The maximum absolute atomic E-state index is 13.2. The summed E-state index contributed by atoms with van der Waals surface area (Å²) in [5, 5.41) is 8.61. The summed E-state index contributed by atoms with van der Waals surface area (Å²) in [5.41, 5.74) is 2.93. The van der Waals surface area contributed by atoms with Crippen molar-refractivity contribution >= 4 is 11.8 Å². The lowest BCUT2D eigenvalue weighted by Gasteiger charge is -2.00. The van der Waals surface area contributed by atoms with E-state index in [0.29, 0.717) is 16.9 Å². The van der Waals surface area contributed by atoms with Crippen LogP contribution in [0.5, 0.6) is 5.75 Å². The molecule has 0 aliphatic carbocycles. The number of benzene rings is 2. The Labute approximate surface area is 136 Å². The largest absolute Gasteiger partial charge is 0.493 e. The molecule has 4 nitrogen and oxygen atoms in total. The summed E-state index contributed by atoms with van der Waals surface area (Å²) >= 11 is 1.39. The lowest BCUT2D eigenvalue weighted by atomic mass is 10.1. The summed E-state index contributed by atoms with van der Waals surface area (Å²) in [6, 6.07) is 12.4. The van der Waals surface area contributed by atoms with Crippen molar-refractivity contribution in [1.82, 2.24) is 10.2 Å². The van der Waals surface area contributed by atoms with Crippen molar-refractivity contribution in [2.45, 2.75) is 17.4 Å². The number of halogens is 1. The Hall–Kier alpha value is -2.34. The van der Waals surface area contributed by atoms with Gasteiger partial charge in [0.2, 0.25) is 5.89 Å². The molecular formula is C17H13FN2O2S. The molecule has 0 saturated heterocycles. The van der Waals surface area contributed by atoms with E-state index in [-0.39, 0.29) is 5.82 Å². The molecule has 2 aromatic carbocycles. The number of thioether (sulfide) groups is 1. The molecule has 1 aliphatic rings. The molecule has 4 rings (SSSR count). The van der Waals surface area contributed by atoms with E-state index in [9.17, 15) is 4.39 Å². The summed E-state index contributed by atoms with van der Waals surface area (Å²) in [6.07, 6.45) is 0.901. The number of aromatic nitrogens is 2. The van der Waals surface area contributed by atoms with Gasteiger partial charge >= 0.3 is 0 Å². The molecule has 0 amide bonds. The third kappa shape index (κ3) is 3.07. The first-order valence-electron chi connectivity index (χ1n) is 7.25. The van der Waals surface area contributed by atoms with Crippen LogP contribution in [0.25, 0.3) is 11.5 Å². The van der Waals surface area contributed by atoms with Crippen molar-refractivity contribution in [2.24, 2.45) is 0 Å². The minimum atomic E-state index is -0.241. The van der Waals surface area contributed by atoms with Gasteiger partial charge in [0.05, 0.1) is 6.61 Å². The number of hydrogen-bond donors (Lipinski definition) is 0. The number of ether oxygens (including phenoxy) is 1. The summed E-state index contributed by atoms with van der Waals surface area (Å²) in [4.78, 5) is 0. The average molecular weight is 328 g/mol. The number of nitrogens with zero attached hydrogens (tertiary/aromatic N) is 2. The van der Waals surface area contributed by atoms with Crippen molar-refractivity contribution in [2.75, 3.05) is 6.61 Å². The summed E-state index contributed by atoms with van der Waals surface area (Å²) < 4.78 is 24.3. The SMILES string of the molecule is Fc1cccc(CSc2nnc(-c3ccc4c(c3)CCO4)o2)c1. The van der Waals surface area contributed by atoms with Crippen LogP contribution >= 0.6 is 11.8 Å². The minimum Gasteiger partial charge on any atom is -0.493 e. The average Bonchev–Trinajstić information content (AvgIpc) is 3.21. The standard InChI is InChI=1S/C17H13FN2O2S/c18-14-3-1-2-11(8-14)10-23-17-20-19-16(22-17)13-4-5-15-12(9-13)6-7-21-15/h1-5,8-9H,6-7,10H2. The zero-order valence-corrected chi connectivity index (χ0v) is 13.0. The van der Waals surface area contributed by atoms with Gasteiger partial charge in [0.15, 0.2) is 0 Å². The molecule has 0 spiro atoms. The third-order valence-electron chi connectivity index (χ3n) is 3.59. The molecule has 0 unspecified atom stereocenters. The first-order chi connectivity index (χ1) is 11.3. The van der Waals surface area contributed by atoms with Crippen LogP contribution in [-0.4, -0.2) is 16.8 Å². The molecule has 1 aromatic heterocycles. The molecule has 2 heterocycles. The normalized spacial score (nSPS) is 12.9. The predicted octanol–water partition coefficient (Wildman–Crippen LogP) is 4.10. The van der Waals surface area contributed by atoms with Gasteiger partial charge in [-0.2, -0.15) is 0 Å². The van der Waals surface area contributed by atoms with Crippen molar-refractivity contribution < 1.29 is 13.5 Å². The molecule has 3 aromatic rings. The van der Waals surface area contributed by atoms with E-state index in [2.05, 4.69) is 10.2 Å². The van der Waals surface area contributed by atoms with Crippen molar-refractivity contribution in [1.29, 1.82) is 0 Å². The zero-order chi connectivity index (χ0) is 15.6. The maximum Gasteiger partial charge on any atom is 0.277 e. The number of fused-ring (bicyclic) bond motifs is 1. The van der Waals surface area contributed by atoms with E-state index >= 15 is 0 Å². The highest BCUT2D eigenvalue weighted by Gasteiger charge is 2.15. The van der Waals surface area contributed by atoms with Gasteiger partial charge in [-0.3, -0.25) is 0 Å². The number of rotatable bonds is 4. The van der Waals surface area contributed by atoms with Crippen LogP contribution in [0.4, 0.5) is 4.39 Å². The second kappa shape index (κ2) is 6.04. The fraction of sp³-hybridized carbons (Fsp3) is 0.176. The van der Waals surface area contributed by atoms with Crippen LogP contribution in [0.15, 0.2) is 52.1 Å². The quantitative estimate of drug-likeness (QED) is 0.675. The molecule has 1 aliphatic heterocycles. The lowest BCUT2D eigenvalue weighted by molar-refractivity contribution is 0.357. The zero-order valence-electron chi connectivity index (χ0n) is 12.2. The highest BCUT2D eigenvalue weighted by molar-refractivity contribution is 7.98. The lowest BCUT2D eigenvalue weighted by Crippen LogP contribution is -1.85. The Morgan fingerprint density at radius 1 is 1.13 bits per heavy atom. The van der Waals surface area contributed by atoms with E-state index in [0.717, 1.165) is 35.5 Å².